The number of hydrogen-bond donors (Lipinski definition) is 1. The van der Waals surface area contributed by atoms with Gasteiger partial charge in [-0.05, 0) is 33.5 Å². The summed E-state index contributed by atoms with van der Waals surface area (Å²) in [6.07, 6.45) is 5.10. The fourth-order valence-electron chi connectivity index (χ4n) is 1.73. The Bertz CT molecular complexity index is 422. The number of hydrogen-bond acceptors (Lipinski definition) is 5. The lowest BCUT2D eigenvalue weighted by atomic mass is 10.3. The van der Waals surface area contributed by atoms with Gasteiger partial charge in [0, 0.05) is 20.1 Å². The number of nitrogens with zero attached hydrogens (tertiary/aromatic N) is 4. The number of aromatic nitrogens is 2. The maximum Gasteiger partial charge on any atom is 0.273 e. The highest BCUT2D eigenvalue weighted by atomic mass is 16.2. The molecule has 1 aromatic heterocycles. The quantitative estimate of drug-likeness (QED) is 0.777. The summed E-state index contributed by atoms with van der Waals surface area (Å²) in [6, 6.07) is 0. The molecule has 112 valence electrons. The molecule has 0 aliphatic rings. The molecule has 0 spiro atoms. The number of carbonyl (C=O) groups excluding carboxylic acids is 1. The fourth-order valence-corrected chi connectivity index (χ4v) is 1.73. The molecule has 1 heterocycles. The minimum absolute atomic E-state index is 0.0867. The van der Waals surface area contributed by atoms with Crippen LogP contribution in [0.5, 0.6) is 0 Å². The van der Waals surface area contributed by atoms with Gasteiger partial charge in [-0.3, -0.25) is 9.78 Å². The Morgan fingerprint density at radius 3 is 2.65 bits per heavy atom. The van der Waals surface area contributed by atoms with E-state index in [1.165, 1.54) is 6.20 Å². The van der Waals surface area contributed by atoms with E-state index in [0.717, 1.165) is 25.9 Å². The van der Waals surface area contributed by atoms with E-state index in [-0.39, 0.29) is 5.91 Å². The Hall–Kier alpha value is -1.69. The molecule has 1 rings (SSSR count). The van der Waals surface area contributed by atoms with Crippen molar-refractivity contribution in [2.45, 2.75) is 19.8 Å². The molecule has 0 aliphatic carbocycles. The molecule has 20 heavy (non-hydrogen) atoms. The van der Waals surface area contributed by atoms with Gasteiger partial charge in [0.2, 0.25) is 0 Å². The van der Waals surface area contributed by atoms with Gasteiger partial charge in [0.25, 0.3) is 5.91 Å². The Morgan fingerprint density at radius 1 is 1.25 bits per heavy atom. The summed E-state index contributed by atoms with van der Waals surface area (Å²) in [5.74, 6) is 0.566. The van der Waals surface area contributed by atoms with Crippen molar-refractivity contribution in [3.05, 3.63) is 18.1 Å². The van der Waals surface area contributed by atoms with Crippen molar-refractivity contribution in [1.29, 1.82) is 0 Å². The van der Waals surface area contributed by atoms with Gasteiger partial charge in [-0.15, -0.1) is 0 Å². The highest BCUT2D eigenvalue weighted by Crippen LogP contribution is 2.05. The minimum Gasteiger partial charge on any atom is -0.369 e. The molecular formula is C14H25N5O. The summed E-state index contributed by atoms with van der Waals surface area (Å²) in [6.45, 7) is 4.58. The van der Waals surface area contributed by atoms with Gasteiger partial charge >= 0.3 is 0 Å². The first-order chi connectivity index (χ1) is 9.54. The van der Waals surface area contributed by atoms with Crippen molar-refractivity contribution >= 4 is 11.7 Å². The van der Waals surface area contributed by atoms with Crippen molar-refractivity contribution in [2.24, 2.45) is 0 Å². The minimum atomic E-state index is -0.0867. The van der Waals surface area contributed by atoms with Crippen LogP contribution in [-0.4, -0.2) is 66.5 Å². The maximum atomic E-state index is 12.2. The summed E-state index contributed by atoms with van der Waals surface area (Å²) in [5.41, 5.74) is 0.387. The van der Waals surface area contributed by atoms with E-state index in [1.807, 2.05) is 14.1 Å². The Balaban J connectivity index is 2.57. The summed E-state index contributed by atoms with van der Waals surface area (Å²) >= 11 is 0. The van der Waals surface area contributed by atoms with E-state index in [9.17, 15) is 4.79 Å². The van der Waals surface area contributed by atoms with E-state index in [0.29, 0.717) is 18.1 Å². The average Bonchev–Trinajstić information content (AvgIpc) is 2.44. The average molecular weight is 279 g/mol. The molecule has 0 saturated heterocycles. The molecule has 0 unspecified atom stereocenters. The highest BCUT2D eigenvalue weighted by Gasteiger charge is 2.13. The van der Waals surface area contributed by atoms with Crippen LogP contribution in [0.15, 0.2) is 12.4 Å². The zero-order valence-corrected chi connectivity index (χ0v) is 12.9. The van der Waals surface area contributed by atoms with E-state index < -0.39 is 0 Å². The molecule has 0 atom stereocenters. The zero-order chi connectivity index (χ0) is 15.0. The monoisotopic (exact) mass is 279 g/mol. The second-order valence-corrected chi connectivity index (χ2v) is 5.10. The van der Waals surface area contributed by atoms with E-state index in [2.05, 4.69) is 27.1 Å². The van der Waals surface area contributed by atoms with Crippen molar-refractivity contribution in [2.75, 3.05) is 46.1 Å². The molecule has 0 aromatic carbocycles. The Labute approximate surface area is 121 Å². The summed E-state index contributed by atoms with van der Waals surface area (Å²) in [5, 5.41) is 3.14. The van der Waals surface area contributed by atoms with Gasteiger partial charge < -0.3 is 15.1 Å². The fraction of sp³-hybridized carbons (Fsp3) is 0.643. The van der Waals surface area contributed by atoms with Crippen molar-refractivity contribution in [3.8, 4) is 0 Å². The van der Waals surface area contributed by atoms with Gasteiger partial charge in [-0.1, -0.05) is 6.92 Å². The third-order valence-corrected chi connectivity index (χ3v) is 2.86. The topological polar surface area (TPSA) is 61.4 Å². The third kappa shape index (κ3) is 5.52. The number of carbonyl (C=O) groups is 1. The molecule has 1 aromatic rings. The van der Waals surface area contributed by atoms with Crippen molar-refractivity contribution < 1.29 is 4.79 Å². The molecule has 0 fully saturated rings. The van der Waals surface area contributed by atoms with Crippen LogP contribution in [-0.2, 0) is 0 Å². The lowest BCUT2D eigenvalue weighted by molar-refractivity contribution is 0.0784. The van der Waals surface area contributed by atoms with Crippen LogP contribution in [0.25, 0.3) is 0 Å². The van der Waals surface area contributed by atoms with Gasteiger partial charge in [-0.25, -0.2) is 4.98 Å². The first-order valence-corrected chi connectivity index (χ1v) is 7.00. The second kappa shape index (κ2) is 8.47. The molecule has 0 saturated carbocycles. The normalized spacial score (nSPS) is 10.7. The SMILES string of the molecule is CCCNc1cncc(C(=O)N(C)CCCN(C)C)n1. The van der Waals surface area contributed by atoms with Gasteiger partial charge in [0.1, 0.15) is 11.5 Å². The van der Waals surface area contributed by atoms with Crippen LogP contribution in [0.1, 0.15) is 30.3 Å². The largest absolute Gasteiger partial charge is 0.369 e. The highest BCUT2D eigenvalue weighted by molar-refractivity contribution is 5.92. The molecule has 0 radical (unpaired) electrons. The molecule has 1 amide bonds. The molecular weight excluding hydrogens is 254 g/mol. The predicted molar refractivity (Wildman–Crippen MR) is 80.9 cm³/mol. The first-order valence-electron chi connectivity index (χ1n) is 7.00. The standard InChI is InChI=1S/C14H25N5O/c1-5-7-16-13-11-15-10-12(17-13)14(20)19(4)9-6-8-18(2)3/h10-11H,5-9H2,1-4H3,(H,16,17). The maximum absolute atomic E-state index is 12.2. The lowest BCUT2D eigenvalue weighted by Gasteiger charge is -2.18. The van der Waals surface area contributed by atoms with Crippen LogP contribution in [0.4, 0.5) is 5.82 Å². The lowest BCUT2D eigenvalue weighted by Crippen LogP contribution is -2.30. The molecule has 6 heteroatoms. The van der Waals surface area contributed by atoms with Crippen LogP contribution in [0.3, 0.4) is 0 Å². The number of anilines is 1. The summed E-state index contributed by atoms with van der Waals surface area (Å²) in [4.78, 5) is 24.4. The van der Waals surface area contributed by atoms with Gasteiger partial charge in [0.05, 0.1) is 12.4 Å². The van der Waals surface area contributed by atoms with Crippen LogP contribution in [0, 0.1) is 0 Å². The predicted octanol–water partition coefficient (Wildman–Crippen LogP) is 1.32. The molecule has 0 bridgehead atoms. The number of amides is 1. The molecule has 0 aliphatic heterocycles. The van der Waals surface area contributed by atoms with Gasteiger partial charge in [0.15, 0.2) is 0 Å². The van der Waals surface area contributed by atoms with Crippen molar-refractivity contribution in [1.82, 2.24) is 19.8 Å². The van der Waals surface area contributed by atoms with Crippen LogP contribution >= 0.6 is 0 Å². The molecule has 6 nitrogen and oxygen atoms in total. The van der Waals surface area contributed by atoms with E-state index in [4.69, 9.17) is 0 Å². The van der Waals surface area contributed by atoms with Gasteiger partial charge in [-0.2, -0.15) is 0 Å². The van der Waals surface area contributed by atoms with Crippen LogP contribution in [0.2, 0.25) is 0 Å². The van der Waals surface area contributed by atoms with Crippen molar-refractivity contribution in [3.63, 3.8) is 0 Å². The first kappa shape index (κ1) is 16.4. The number of rotatable bonds is 8. The van der Waals surface area contributed by atoms with Crippen LogP contribution < -0.4 is 5.32 Å². The Morgan fingerprint density at radius 2 is 2.00 bits per heavy atom. The molecule has 1 N–H and O–H groups in total. The van der Waals surface area contributed by atoms with E-state index in [1.54, 1.807) is 18.1 Å². The smallest absolute Gasteiger partial charge is 0.273 e. The zero-order valence-electron chi connectivity index (χ0n) is 12.9. The van der Waals surface area contributed by atoms with E-state index >= 15 is 0 Å². The Kier molecular flexibility index (Phi) is 6.93. The third-order valence-electron chi connectivity index (χ3n) is 2.86. The summed E-state index contributed by atoms with van der Waals surface area (Å²) in [7, 11) is 5.85. The summed E-state index contributed by atoms with van der Waals surface area (Å²) < 4.78 is 0. The second-order valence-electron chi connectivity index (χ2n) is 5.10. The number of nitrogens with one attached hydrogen (secondary N) is 1.